The van der Waals surface area contributed by atoms with Crippen molar-refractivity contribution in [1.82, 2.24) is 4.90 Å². The number of nitro benzene ring substituents is 1. The molecule has 1 amide bonds. The topological polar surface area (TPSA) is 110 Å². The molecule has 0 aliphatic heterocycles. The summed E-state index contributed by atoms with van der Waals surface area (Å²) in [6.07, 6.45) is 0.683. The lowest BCUT2D eigenvalue weighted by atomic mass is 10.2. The number of carboxylic acids is 1. The van der Waals surface area contributed by atoms with Crippen LogP contribution in [0.25, 0.3) is 0 Å². The Kier molecular flexibility index (Phi) is 5.65. The molecule has 21 heavy (non-hydrogen) atoms. The van der Waals surface area contributed by atoms with Crippen LogP contribution in [0.15, 0.2) is 18.2 Å². The first kappa shape index (κ1) is 16.4. The predicted molar refractivity (Wildman–Crippen MR) is 73.5 cm³/mol. The fourth-order valence-electron chi connectivity index (χ4n) is 1.54. The van der Waals surface area contributed by atoms with Crippen LogP contribution in [0, 0.1) is 10.1 Å². The molecule has 0 bridgehead atoms. The Morgan fingerprint density at radius 3 is 2.57 bits per heavy atom. The zero-order valence-electron chi connectivity index (χ0n) is 11.7. The SMILES string of the molecule is CN(C)C(=O)CCCOc1ccc(C(=O)O)cc1[N+](=O)[O-]. The zero-order chi connectivity index (χ0) is 16.0. The van der Waals surface area contributed by atoms with Crippen molar-refractivity contribution in [3.05, 3.63) is 33.9 Å². The van der Waals surface area contributed by atoms with E-state index in [2.05, 4.69) is 0 Å². The van der Waals surface area contributed by atoms with Gasteiger partial charge >= 0.3 is 11.7 Å². The van der Waals surface area contributed by atoms with E-state index >= 15 is 0 Å². The molecular weight excluding hydrogens is 280 g/mol. The van der Waals surface area contributed by atoms with Gasteiger partial charge in [0, 0.05) is 26.6 Å². The lowest BCUT2D eigenvalue weighted by Crippen LogP contribution is -2.21. The lowest BCUT2D eigenvalue weighted by Gasteiger charge is -2.10. The normalized spacial score (nSPS) is 10.0. The van der Waals surface area contributed by atoms with E-state index in [1.54, 1.807) is 14.1 Å². The summed E-state index contributed by atoms with van der Waals surface area (Å²) in [5.41, 5.74) is -0.592. The summed E-state index contributed by atoms with van der Waals surface area (Å²) in [7, 11) is 3.28. The van der Waals surface area contributed by atoms with Crippen LogP contribution in [0.3, 0.4) is 0 Å². The first-order valence-corrected chi connectivity index (χ1v) is 6.17. The summed E-state index contributed by atoms with van der Waals surface area (Å²) in [6, 6.07) is 3.42. The minimum absolute atomic E-state index is 0.0118. The van der Waals surface area contributed by atoms with Crippen LogP contribution >= 0.6 is 0 Å². The van der Waals surface area contributed by atoms with E-state index in [0.29, 0.717) is 6.42 Å². The smallest absolute Gasteiger partial charge is 0.335 e. The highest BCUT2D eigenvalue weighted by Gasteiger charge is 2.18. The summed E-state index contributed by atoms with van der Waals surface area (Å²) in [5.74, 6) is -1.32. The molecule has 1 rings (SSSR count). The monoisotopic (exact) mass is 296 g/mol. The molecule has 0 radical (unpaired) electrons. The van der Waals surface area contributed by atoms with Crippen molar-refractivity contribution < 1.29 is 24.4 Å². The third kappa shape index (κ3) is 4.75. The molecule has 8 nitrogen and oxygen atoms in total. The van der Waals surface area contributed by atoms with Gasteiger partial charge in [0.25, 0.3) is 0 Å². The van der Waals surface area contributed by atoms with Crippen LogP contribution < -0.4 is 4.74 Å². The van der Waals surface area contributed by atoms with Crippen LogP contribution in [0.2, 0.25) is 0 Å². The van der Waals surface area contributed by atoms with Crippen molar-refractivity contribution in [1.29, 1.82) is 0 Å². The Morgan fingerprint density at radius 2 is 2.05 bits per heavy atom. The van der Waals surface area contributed by atoms with Gasteiger partial charge in [-0.25, -0.2) is 4.79 Å². The number of nitro groups is 1. The number of ether oxygens (including phenoxy) is 1. The van der Waals surface area contributed by atoms with Gasteiger partial charge in [0.05, 0.1) is 17.1 Å². The molecule has 1 N–H and O–H groups in total. The van der Waals surface area contributed by atoms with Crippen molar-refractivity contribution in [3.63, 3.8) is 0 Å². The molecule has 0 saturated heterocycles. The number of carbonyl (C=O) groups excluding carboxylic acids is 1. The Bertz CT molecular complexity index is 556. The van der Waals surface area contributed by atoms with Crippen LogP contribution in [0.4, 0.5) is 5.69 Å². The molecule has 114 valence electrons. The van der Waals surface area contributed by atoms with E-state index < -0.39 is 16.6 Å². The second-order valence-electron chi connectivity index (χ2n) is 4.48. The number of hydrogen-bond donors (Lipinski definition) is 1. The maximum atomic E-state index is 11.3. The van der Waals surface area contributed by atoms with Gasteiger partial charge in [0.15, 0.2) is 5.75 Å². The van der Waals surface area contributed by atoms with Crippen LogP contribution in [0.1, 0.15) is 23.2 Å². The molecule has 0 fully saturated rings. The van der Waals surface area contributed by atoms with E-state index in [0.717, 1.165) is 6.07 Å². The van der Waals surface area contributed by atoms with Crippen molar-refractivity contribution >= 4 is 17.6 Å². The molecule has 0 unspecified atom stereocenters. The Balaban J connectivity index is 2.68. The van der Waals surface area contributed by atoms with Crippen LogP contribution in [0.5, 0.6) is 5.75 Å². The van der Waals surface area contributed by atoms with Gasteiger partial charge in [0.1, 0.15) is 0 Å². The van der Waals surface area contributed by atoms with E-state index in [9.17, 15) is 19.7 Å². The number of hydrogen-bond acceptors (Lipinski definition) is 5. The highest BCUT2D eigenvalue weighted by Crippen LogP contribution is 2.28. The third-order valence-electron chi connectivity index (χ3n) is 2.69. The van der Waals surface area contributed by atoms with E-state index in [-0.39, 0.29) is 30.2 Å². The third-order valence-corrected chi connectivity index (χ3v) is 2.69. The van der Waals surface area contributed by atoms with Crippen molar-refractivity contribution in [3.8, 4) is 5.75 Å². The fourth-order valence-corrected chi connectivity index (χ4v) is 1.54. The number of carboxylic acid groups (broad SMARTS) is 1. The van der Waals surface area contributed by atoms with Crippen molar-refractivity contribution in [2.45, 2.75) is 12.8 Å². The second kappa shape index (κ2) is 7.22. The minimum Gasteiger partial charge on any atom is -0.487 e. The van der Waals surface area contributed by atoms with Crippen LogP contribution in [-0.2, 0) is 4.79 Å². The van der Waals surface area contributed by atoms with E-state index in [1.807, 2.05) is 0 Å². The Morgan fingerprint density at radius 1 is 1.38 bits per heavy atom. The van der Waals surface area contributed by atoms with Gasteiger partial charge in [-0.2, -0.15) is 0 Å². The maximum Gasteiger partial charge on any atom is 0.335 e. The zero-order valence-corrected chi connectivity index (χ0v) is 11.7. The molecule has 1 aromatic carbocycles. The fraction of sp³-hybridized carbons (Fsp3) is 0.385. The van der Waals surface area contributed by atoms with E-state index in [4.69, 9.17) is 9.84 Å². The van der Waals surface area contributed by atoms with Gasteiger partial charge in [-0.15, -0.1) is 0 Å². The van der Waals surface area contributed by atoms with Gasteiger partial charge in [-0.1, -0.05) is 0 Å². The predicted octanol–water partition coefficient (Wildman–Crippen LogP) is 1.54. The molecule has 0 aliphatic rings. The number of amides is 1. The van der Waals surface area contributed by atoms with Gasteiger partial charge in [-0.3, -0.25) is 14.9 Å². The second-order valence-corrected chi connectivity index (χ2v) is 4.48. The summed E-state index contributed by atoms with van der Waals surface area (Å²) < 4.78 is 5.26. The summed E-state index contributed by atoms with van der Waals surface area (Å²) in [5, 5.41) is 19.7. The molecule has 1 aromatic rings. The molecule has 8 heteroatoms. The molecule has 0 spiro atoms. The molecule has 0 atom stereocenters. The average Bonchev–Trinajstić information content (AvgIpc) is 2.42. The summed E-state index contributed by atoms with van der Waals surface area (Å²) in [4.78, 5) is 33.8. The minimum atomic E-state index is -1.25. The first-order valence-electron chi connectivity index (χ1n) is 6.17. The quantitative estimate of drug-likeness (QED) is 0.464. The van der Waals surface area contributed by atoms with Gasteiger partial charge < -0.3 is 14.7 Å². The number of benzene rings is 1. The number of aromatic carboxylic acids is 1. The van der Waals surface area contributed by atoms with Crippen molar-refractivity contribution in [2.24, 2.45) is 0 Å². The average molecular weight is 296 g/mol. The van der Waals surface area contributed by atoms with Gasteiger partial charge in [0.2, 0.25) is 5.91 Å². The largest absolute Gasteiger partial charge is 0.487 e. The highest BCUT2D eigenvalue weighted by atomic mass is 16.6. The first-order chi connectivity index (χ1) is 9.82. The van der Waals surface area contributed by atoms with Crippen molar-refractivity contribution in [2.75, 3.05) is 20.7 Å². The van der Waals surface area contributed by atoms with Gasteiger partial charge in [-0.05, 0) is 18.6 Å². The lowest BCUT2D eigenvalue weighted by molar-refractivity contribution is -0.385. The number of nitrogens with zero attached hydrogens (tertiary/aromatic N) is 2. The van der Waals surface area contributed by atoms with Crippen LogP contribution in [-0.4, -0.2) is 47.5 Å². The summed E-state index contributed by atoms with van der Waals surface area (Å²) >= 11 is 0. The number of rotatable bonds is 7. The molecule has 0 saturated carbocycles. The molecule has 0 heterocycles. The highest BCUT2D eigenvalue weighted by molar-refractivity contribution is 5.88. The molecule has 0 aliphatic carbocycles. The molecule has 0 aromatic heterocycles. The van der Waals surface area contributed by atoms with E-state index in [1.165, 1.54) is 17.0 Å². The number of carbonyl (C=O) groups is 2. The Hall–Kier alpha value is -2.64. The summed E-state index contributed by atoms with van der Waals surface area (Å²) in [6.45, 7) is 0.132. The maximum absolute atomic E-state index is 11.3. The molecular formula is C13H16N2O6. The Labute approximate surface area is 121 Å². The standard InChI is InChI=1S/C13H16N2O6/c1-14(2)12(16)4-3-7-21-11-6-5-9(13(17)18)8-10(11)15(19)20/h5-6,8H,3-4,7H2,1-2H3,(H,17,18).